The van der Waals surface area contributed by atoms with Crippen LogP contribution >= 0.6 is 0 Å². The third kappa shape index (κ3) is 2.83. The van der Waals surface area contributed by atoms with E-state index in [0.29, 0.717) is 22.6 Å². The second kappa shape index (κ2) is 5.98. The predicted molar refractivity (Wildman–Crippen MR) is 74.9 cm³/mol. The first-order valence-electron chi connectivity index (χ1n) is 6.14. The van der Waals surface area contributed by atoms with Gasteiger partial charge in [-0.05, 0) is 37.3 Å². The molecular weight excluding hydrogens is 254 g/mol. The maximum atomic E-state index is 9.63. The largest absolute Gasteiger partial charge is 0.508 e. The van der Waals surface area contributed by atoms with Crippen molar-refractivity contribution in [1.29, 1.82) is 5.26 Å². The summed E-state index contributed by atoms with van der Waals surface area (Å²) in [6.07, 6.45) is 0. The van der Waals surface area contributed by atoms with Gasteiger partial charge in [0.1, 0.15) is 23.9 Å². The van der Waals surface area contributed by atoms with Crippen molar-refractivity contribution in [2.75, 3.05) is 7.11 Å². The number of aromatic hydroxyl groups is 1. The lowest BCUT2D eigenvalue weighted by Crippen LogP contribution is -2.00. The van der Waals surface area contributed by atoms with Crippen LogP contribution in [0.25, 0.3) is 0 Å². The highest BCUT2D eigenvalue weighted by Gasteiger charge is 2.08. The molecule has 0 aliphatic heterocycles. The lowest BCUT2D eigenvalue weighted by atomic mass is 10.1. The van der Waals surface area contributed by atoms with E-state index in [-0.39, 0.29) is 12.4 Å². The summed E-state index contributed by atoms with van der Waals surface area (Å²) in [7, 11) is 1.57. The van der Waals surface area contributed by atoms with Gasteiger partial charge in [-0.1, -0.05) is 6.07 Å². The Balaban J connectivity index is 2.22. The molecular formula is C16H15NO3. The summed E-state index contributed by atoms with van der Waals surface area (Å²) in [4.78, 5) is 0. The maximum Gasteiger partial charge on any atom is 0.126 e. The van der Waals surface area contributed by atoms with Gasteiger partial charge in [-0.3, -0.25) is 0 Å². The molecule has 0 atom stereocenters. The number of methoxy groups -OCH3 is 1. The van der Waals surface area contributed by atoms with Gasteiger partial charge in [0.15, 0.2) is 0 Å². The number of benzene rings is 2. The Labute approximate surface area is 117 Å². The monoisotopic (exact) mass is 269 g/mol. The molecule has 2 aromatic rings. The summed E-state index contributed by atoms with van der Waals surface area (Å²) in [5, 5.41) is 18.6. The van der Waals surface area contributed by atoms with Gasteiger partial charge < -0.3 is 14.6 Å². The van der Waals surface area contributed by atoms with Crippen molar-refractivity contribution in [2.24, 2.45) is 0 Å². The van der Waals surface area contributed by atoms with Crippen LogP contribution in [-0.4, -0.2) is 12.2 Å². The summed E-state index contributed by atoms with van der Waals surface area (Å²) < 4.78 is 10.9. The number of phenolic OH excluding ortho intramolecular Hbond substituents is 1. The molecule has 1 N–H and O–H groups in total. The van der Waals surface area contributed by atoms with Gasteiger partial charge in [0, 0.05) is 11.1 Å². The summed E-state index contributed by atoms with van der Waals surface area (Å²) in [5.41, 5.74) is 2.02. The standard InChI is InChI=1S/C16H15NO3/c1-11-14(18)4-3-5-15(11)20-10-13-8-12(9-17)6-7-16(13)19-2/h3-8,18H,10H2,1-2H3. The molecule has 4 nitrogen and oxygen atoms in total. The summed E-state index contributed by atoms with van der Waals surface area (Å²) in [6, 6.07) is 12.4. The van der Waals surface area contributed by atoms with E-state index in [9.17, 15) is 5.11 Å². The van der Waals surface area contributed by atoms with E-state index in [2.05, 4.69) is 6.07 Å². The predicted octanol–water partition coefficient (Wildman–Crippen LogP) is 3.16. The fourth-order valence-corrected chi connectivity index (χ4v) is 1.88. The van der Waals surface area contributed by atoms with Crippen molar-refractivity contribution in [3.05, 3.63) is 53.1 Å². The molecule has 0 spiro atoms. The third-order valence-electron chi connectivity index (χ3n) is 3.05. The first-order chi connectivity index (χ1) is 9.65. The number of nitrogens with zero attached hydrogens (tertiary/aromatic N) is 1. The molecule has 0 saturated carbocycles. The van der Waals surface area contributed by atoms with Crippen molar-refractivity contribution in [3.63, 3.8) is 0 Å². The van der Waals surface area contributed by atoms with E-state index in [1.807, 2.05) is 0 Å². The number of hydrogen-bond acceptors (Lipinski definition) is 4. The molecule has 20 heavy (non-hydrogen) atoms. The third-order valence-corrected chi connectivity index (χ3v) is 3.05. The molecule has 0 unspecified atom stereocenters. The Bertz CT molecular complexity index is 659. The van der Waals surface area contributed by atoms with Gasteiger partial charge in [-0.25, -0.2) is 0 Å². The quantitative estimate of drug-likeness (QED) is 0.926. The van der Waals surface area contributed by atoms with Crippen LogP contribution in [0.15, 0.2) is 36.4 Å². The van der Waals surface area contributed by atoms with Crippen LogP contribution in [0.1, 0.15) is 16.7 Å². The molecule has 2 aromatic carbocycles. The van der Waals surface area contributed by atoms with E-state index in [4.69, 9.17) is 14.7 Å². The van der Waals surface area contributed by atoms with Gasteiger partial charge >= 0.3 is 0 Å². The maximum absolute atomic E-state index is 9.63. The summed E-state index contributed by atoms with van der Waals surface area (Å²) in [5.74, 6) is 1.47. The lowest BCUT2D eigenvalue weighted by molar-refractivity contribution is 0.293. The minimum Gasteiger partial charge on any atom is -0.508 e. The van der Waals surface area contributed by atoms with Crippen LogP contribution in [0, 0.1) is 18.3 Å². The summed E-state index contributed by atoms with van der Waals surface area (Å²) >= 11 is 0. The Morgan fingerprint density at radius 1 is 1.20 bits per heavy atom. The fraction of sp³-hybridized carbons (Fsp3) is 0.188. The second-order valence-corrected chi connectivity index (χ2v) is 4.33. The minimum atomic E-state index is 0.195. The van der Waals surface area contributed by atoms with Gasteiger partial charge in [-0.2, -0.15) is 5.26 Å². The topological polar surface area (TPSA) is 62.5 Å². The molecule has 2 rings (SSSR count). The number of ether oxygens (including phenoxy) is 2. The molecule has 0 saturated heterocycles. The SMILES string of the molecule is COc1ccc(C#N)cc1COc1cccc(O)c1C. The number of rotatable bonds is 4. The normalized spacial score (nSPS) is 9.85. The molecule has 0 aliphatic rings. The molecule has 0 radical (unpaired) electrons. The highest BCUT2D eigenvalue weighted by molar-refractivity contribution is 5.44. The van der Waals surface area contributed by atoms with Crippen molar-refractivity contribution in [2.45, 2.75) is 13.5 Å². The first kappa shape index (κ1) is 13.8. The van der Waals surface area contributed by atoms with Crippen LogP contribution in [0.5, 0.6) is 17.2 Å². The van der Waals surface area contributed by atoms with Gasteiger partial charge in [0.05, 0.1) is 18.7 Å². The number of nitriles is 1. The average Bonchev–Trinajstić information content (AvgIpc) is 2.48. The highest BCUT2D eigenvalue weighted by Crippen LogP contribution is 2.28. The van der Waals surface area contributed by atoms with Crippen molar-refractivity contribution in [3.8, 4) is 23.3 Å². The summed E-state index contributed by atoms with van der Waals surface area (Å²) in [6.45, 7) is 2.05. The van der Waals surface area contributed by atoms with Crippen molar-refractivity contribution in [1.82, 2.24) is 0 Å². The zero-order chi connectivity index (χ0) is 14.5. The van der Waals surface area contributed by atoms with Crippen LogP contribution in [0.3, 0.4) is 0 Å². The van der Waals surface area contributed by atoms with E-state index >= 15 is 0 Å². The molecule has 0 aromatic heterocycles. The van der Waals surface area contributed by atoms with Crippen LogP contribution in [0.4, 0.5) is 0 Å². The molecule has 0 amide bonds. The number of phenols is 1. The average molecular weight is 269 g/mol. The van der Waals surface area contributed by atoms with Crippen LogP contribution < -0.4 is 9.47 Å². The molecule has 0 heterocycles. The van der Waals surface area contributed by atoms with E-state index in [1.54, 1.807) is 50.4 Å². The molecule has 102 valence electrons. The van der Waals surface area contributed by atoms with Crippen molar-refractivity contribution >= 4 is 0 Å². The molecule has 4 heteroatoms. The van der Waals surface area contributed by atoms with Gasteiger partial charge in [0.25, 0.3) is 0 Å². The Morgan fingerprint density at radius 2 is 2.00 bits per heavy atom. The second-order valence-electron chi connectivity index (χ2n) is 4.33. The zero-order valence-electron chi connectivity index (χ0n) is 11.4. The highest BCUT2D eigenvalue weighted by atomic mass is 16.5. The minimum absolute atomic E-state index is 0.195. The van der Waals surface area contributed by atoms with E-state index in [0.717, 1.165) is 5.56 Å². The Morgan fingerprint density at radius 3 is 2.70 bits per heavy atom. The van der Waals surface area contributed by atoms with E-state index < -0.39 is 0 Å². The van der Waals surface area contributed by atoms with Gasteiger partial charge in [-0.15, -0.1) is 0 Å². The van der Waals surface area contributed by atoms with E-state index in [1.165, 1.54) is 0 Å². The zero-order valence-corrected chi connectivity index (χ0v) is 11.4. The molecule has 0 bridgehead atoms. The Kier molecular flexibility index (Phi) is 4.11. The molecule has 0 aliphatic carbocycles. The smallest absolute Gasteiger partial charge is 0.126 e. The lowest BCUT2D eigenvalue weighted by Gasteiger charge is -2.12. The number of hydrogen-bond donors (Lipinski definition) is 1. The fourth-order valence-electron chi connectivity index (χ4n) is 1.88. The molecule has 0 fully saturated rings. The van der Waals surface area contributed by atoms with Crippen LogP contribution in [-0.2, 0) is 6.61 Å². The first-order valence-corrected chi connectivity index (χ1v) is 6.14. The Hall–Kier alpha value is -2.67. The van der Waals surface area contributed by atoms with Crippen molar-refractivity contribution < 1.29 is 14.6 Å². The van der Waals surface area contributed by atoms with Gasteiger partial charge in [0.2, 0.25) is 0 Å². The van der Waals surface area contributed by atoms with Crippen LogP contribution in [0.2, 0.25) is 0 Å².